The summed E-state index contributed by atoms with van der Waals surface area (Å²) in [5.41, 5.74) is 6.69. The van der Waals surface area contributed by atoms with Crippen molar-refractivity contribution in [1.82, 2.24) is 25.2 Å². The van der Waals surface area contributed by atoms with Crippen LogP contribution in [0.5, 0.6) is 0 Å². The van der Waals surface area contributed by atoms with Crippen LogP contribution in [0.3, 0.4) is 0 Å². The molecule has 0 aliphatic carbocycles. The van der Waals surface area contributed by atoms with Crippen LogP contribution in [0.1, 0.15) is 61.9 Å². The summed E-state index contributed by atoms with van der Waals surface area (Å²) in [4.78, 5) is 18.0. The first-order chi connectivity index (χ1) is 16.3. The van der Waals surface area contributed by atoms with E-state index in [2.05, 4.69) is 15.5 Å². The predicted octanol–water partition coefficient (Wildman–Crippen LogP) is 2.59. The smallest absolute Gasteiger partial charge is 0.273 e. The van der Waals surface area contributed by atoms with Gasteiger partial charge < -0.3 is 25.0 Å². The molecule has 1 aromatic carbocycles. The van der Waals surface area contributed by atoms with Crippen molar-refractivity contribution in [3.8, 4) is 0 Å². The van der Waals surface area contributed by atoms with Gasteiger partial charge in [0.25, 0.3) is 5.91 Å². The lowest BCUT2D eigenvalue weighted by Gasteiger charge is -2.28. The number of epoxide rings is 1. The second-order valence-corrected chi connectivity index (χ2v) is 10.3. The van der Waals surface area contributed by atoms with Gasteiger partial charge in [0.2, 0.25) is 5.89 Å². The van der Waals surface area contributed by atoms with E-state index in [1.54, 1.807) is 0 Å². The predicted molar refractivity (Wildman–Crippen MR) is 124 cm³/mol. The molecule has 3 unspecified atom stereocenters. The summed E-state index contributed by atoms with van der Waals surface area (Å²) in [5, 5.41) is 12.7. The minimum Gasteiger partial charge on any atom is -0.381 e. The van der Waals surface area contributed by atoms with Crippen LogP contribution in [-0.4, -0.2) is 51.4 Å². The van der Waals surface area contributed by atoms with Crippen molar-refractivity contribution in [3.05, 3.63) is 41.7 Å². The summed E-state index contributed by atoms with van der Waals surface area (Å²) < 4.78 is 18.2. The highest BCUT2D eigenvalue weighted by molar-refractivity contribution is 6.05. The molecular formula is C24H32N6O4. The van der Waals surface area contributed by atoms with Gasteiger partial charge in [-0.2, -0.15) is 10.1 Å². The van der Waals surface area contributed by atoms with Crippen LogP contribution in [0, 0.1) is 11.3 Å². The van der Waals surface area contributed by atoms with Gasteiger partial charge in [-0.05, 0) is 30.2 Å². The molecule has 4 heterocycles. The lowest BCUT2D eigenvalue weighted by molar-refractivity contribution is 0.0604. The number of hydrogen-bond donors (Lipinski definition) is 2. The van der Waals surface area contributed by atoms with Crippen LogP contribution in [0.2, 0.25) is 0 Å². The maximum absolute atomic E-state index is 13.5. The normalized spacial score (nSPS) is 22.1. The first-order valence-corrected chi connectivity index (χ1v) is 11.9. The summed E-state index contributed by atoms with van der Waals surface area (Å²) in [6.07, 6.45) is 2.12. The molecule has 0 radical (unpaired) electrons. The van der Waals surface area contributed by atoms with E-state index >= 15 is 0 Å². The Morgan fingerprint density at radius 2 is 2.00 bits per heavy atom. The van der Waals surface area contributed by atoms with Gasteiger partial charge in [0.15, 0.2) is 11.5 Å². The Labute approximate surface area is 198 Å². The highest BCUT2D eigenvalue weighted by Gasteiger charge is 2.38. The van der Waals surface area contributed by atoms with E-state index in [9.17, 15) is 4.79 Å². The van der Waals surface area contributed by atoms with Crippen molar-refractivity contribution < 1.29 is 18.8 Å². The number of carbonyl (C=O) groups excluding carboxylic acids is 1. The van der Waals surface area contributed by atoms with E-state index in [1.807, 2.05) is 49.7 Å². The third-order valence-corrected chi connectivity index (χ3v) is 6.52. The summed E-state index contributed by atoms with van der Waals surface area (Å²) in [6, 6.07) is 7.35. The number of nitrogens with zero attached hydrogens (tertiary/aromatic N) is 4. The Hall–Kier alpha value is -2.82. The summed E-state index contributed by atoms with van der Waals surface area (Å²) in [7, 11) is 0. The molecule has 5 rings (SSSR count). The molecule has 0 bridgehead atoms. The minimum atomic E-state index is -0.491. The maximum Gasteiger partial charge on any atom is 0.273 e. The molecule has 3 atom stereocenters. The van der Waals surface area contributed by atoms with Gasteiger partial charge in [0.1, 0.15) is 18.4 Å². The van der Waals surface area contributed by atoms with Crippen LogP contribution in [0.25, 0.3) is 10.9 Å². The van der Waals surface area contributed by atoms with Crippen molar-refractivity contribution in [2.45, 2.75) is 65.0 Å². The molecule has 2 aliphatic rings. The summed E-state index contributed by atoms with van der Waals surface area (Å²) >= 11 is 0. The fraction of sp³-hybridized carbons (Fsp3) is 0.583. The van der Waals surface area contributed by atoms with E-state index in [4.69, 9.17) is 24.8 Å². The summed E-state index contributed by atoms with van der Waals surface area (Å²) in [5.74, 6) is 1.09. The number of benzene rings is 1. The van der Waals surface area contributed by atoms with Crippen LogP contribution in [-0.2, 0) is 22.4 Å². The molecule has 2 saturated heterocycles. The highest BCUT2D eigenvalue weighted by atomic mass is 16.6. The Bertz CT molecular complexity index is 1160. The topological polar surface area (TPSA) is 134 Å². The van der Waals surface area contributed by atoms with Gasteiger partial charge in [0, 0.05) is 31.6 Å². The van der Waals surface area contributed by atoms with Crippen LogP contribution in [0.15, 0.2) is 28.8 Å². The third kappa shape index (κ3) is 4.84. The first-order valence-electron chi connectivity index (χ1n) is 11.9. The molecule has 3 N–H and O–H groups in total. The largest absolute Gasteiger partial charge is 0.381 e. The molecule has 1 amide bonds. The van der Waals surface area contributed by atoms with Gasteiger partial charge in [-0.15, -0.1) is 0 Å². The van der Waals surface area contributed by atoms with Gasteiger partial charge in [-0.1, -0.05) is 44.1 Å². The molecule has 0 saturated carbocycles. The van der Waals surface area contributed by atoms with Crippen molar-refractivity contribution in [3.63, 3.8) is 0 Å². The number of nitrogens with two attached hydrogens (primary N) is 1. The second kappa shape index (κ2) is 9.09. The SMILES string of the molecule is CC(C)(C)C(NC(=O)c1nn(CC2CCOCC2)c2ccccc12)c1nc(CC2OC2N)no1. The Morgan fingerprint density at radius 1 is 1.26 bits per heavy atom. The number of aromatic nitrogens is 4. The fourth-order valence-corrected chi connectivity index (χ4v) is 4.42. The zero-order valence-corrected chi connectivity index (χ0v) is 19.9. The maximum atomic E-state index is 13.5. The number of fused-ring (bicyclic) bond motifs is 1. The molecule has 2 fully saturated rings. The number of carbonyl (C=O) groups is 1. The molecule has 3 aromatic rings. The number of amides is 1. The third-order valence-electron chi connectivity index (χ3n) is 6.52. The average molecular weight is 469 g/mol. The van der Waals surface area contributed by atoms with Crippen molar-refractivity contribution in [1.29, 1.82) is 0 Å². The molecule has 182 valence electrons. The monoisotopic (exact) mass is 468 g/mol. The fourth-order valence-electron chi connectivity index (χ4n) is 4.42. The minimum absolute atomic E-state index is 0.0841. The van der Waals surface area contributed by atoms with Gasteiger partial charge in [0.05, 0.1) is 5.52 Å². The Balaban J connectivity index is 1.38. The standard InChI is InChI=1S/C24H32N6O4/c1-24(2,3)20(23-26-18(29-34-23)12-17-21(25)33-17)27-22(31)19-15-6-4-5-7-16(15)30(28-19)13-14-8-10-32-11-9-14/h4-7,14,17,20-21H,8-13,25H2,1-3H3,(H,27,31). The molecule has 2 aromatic heterocycles. The Kier molecular flexibility index (Phi) is 6.13. The molecule has 10 heteroatoms. The van der Waals surface area contributed by atoms with E-state index in [0.717, 1.165) is 43.5 Å². The average Bonchev–Trinajstić information content (AvgIpc) is 3.18. The molecule has 0 spiro atoms. The molecular weight excluding hydrogens is 436 g/mol. The zero-order valence-electron chi connectivity index (χ0n) is 19.9. The molecule has 34 heavy (non-hydrogen) atoms. The van der Waals surface area contributed by atoms with Gasteiger partial charge >= 0.3 is 0 Å². The first kappa shape index (κ1) is 22.9. The molecule has 10 nitrogen and oxygen atoms in total. The van der Waals surface area contributed by atoms with Crippen molar-refractivity contribution in [2.24, 2.45) is 17.1 Å². The second-order valence-electron chi connectivity index (χ2n) is 10.3. The van der Waals surface area contributed by atoms with E-state index < -0.39 is 6.04 Å². The highest BCUT2D eigenvalue weighted by Crippen LogP contribution is 2.33. The zero-order chi connectivity index (χ0) is 23.9. The Morgan fingerprint density at radius 3 is 2.71 bits per heavy atom. The van der Waals surface area contributed by atoms with E-state index in [1.165, 1.54) is 0 Å². The number of nitrogens with one attached hydrogen (secondary N) is 1. The quantitative estimate of drug-likeness (QED) is 0.506. The molecule has 2 aliphatic heterocycles. The number of ether oxygens (including phenoxy) is 2. The van der Waals surface area contributed by atoms with Gasteiger partial charge in [-0.25, -0.2) is 0 Å². The van der Waals surface area contributed by atoms with Crippen LogP contribution in [0.4, 0.5) is 0 Å². The van der Waals surface area contributed by atoms with Crippen molar-refractivity contribution >= 4 is 16.8 Å². The lowest BCUT2D eigenvalue weighted by Crippen LogP contribution is -2.37. The van der Waals surface area contributed by atoms with Crippen LogP contribution < -0.4 is 11.1 Å². The lowest BCUT2D eigenvalue weighted by atomic mass is 9.86. The van der Waals surface area contributed by atoms with E-state index in [0.29, 0.717) is 29.7 Å². The van der Waals surface area contributed by atoms with Crippen LogP contribution >= 0.6 is 0 Å². The van der Waals surface area contributed by atoms with Gasteiger partial charge in [-0.3, -0.25) is 9.48 Å². The number of hydrogen-bond acceptors (Lipinski definition) is 8. The summed E-state index contributed by atoms with van der Waals surface area (Å²) in [6.45, 7) is 8.36. The van der Waals surface area contributed by atoms with E-state index in [-0.39, 0.29) is 23.7 Å². The van der Waals surface area contributed by atoms with Crippen molar-refractivity contribution in [2.75, 3.05) is 13.2 Å². The number of rotatable bonds is 7. The number of para-hydroxylation sites is 1.